The van der Waals surface area contributed by atoms with Gasteiger partial charge in [0, 0.05) is 0 Å². The zero-order valence-electron chi connectivity index (χ0n) is 15.5. The molecule has 0 fully saturated rings. The number of carbonyl (C=O) groups excluding carboxylic acids is 2. The average Bonchev–Trinajstić information content (AvgIpc) is 3.13. The molecule has 1 aromatic heterocycles. The van der Waals surface area contributed by atoms with Crippen molar-refractivity contribution in [1.29, 1.82) is 0 Å². The second kappa shape index (κ2) is 10.1. The van der Waals surface area contributed by atoms with Crippen LogP contribution in [0.1, 0.15) is 13.8 Å². The van der Waals surface area contributed by atoms with E-state index in [1.165, 1.54) is 23.1 Å². The third kappa shape index (κ3) is 5.83. The number of rotatable bonds is 9. The largest absolute Gasteiger partial charge is 0.497 e. The summed E-state index contributed by atoms with van der Waals surface area (Å²) in [5, 5.41) is 11.4. The molecule has 2 aromatic rings. The molecule has 0 aliphatic heterocycles. The lowest BCUT2D eigenvalue weighted by atomic mass is 10.2. The Kier molecular flexibility index (Phi) is 7.86. The number of hydrogen-bond acceptors (Lipinski definition) is 9. The number of hydrogen-bond donors (Lipinski definition) is 1. The van der Waals surface area contributed by atoms with E-state index in [2.05, 4.69) is 15.5 Å². The van der Waals surface area contributed by atoms with Crippen molar-refractivity contribution in [3.05, 3.63) is 18.2 Å². The van der Waals surface area contributed by atoms with Crippen molar-refractivity contribution in [2.24, 2.45) is 0 Å². The van der Waals surface area contributed by atoms with E-state index in [0.717, 1.165) is 5.56 Å². The topological polar surface area (TPSA) is 99.6 Å². The van der Waals surface area contributed by atoms with Gasteiger partial charge in [-0.25, -0.2) is 0 Å². The van der Waals surface area contributed by atoms with Crippen molar-refractivity contribution < 1.29 is 23.8 Å². The third-order valence-corrected chi connectivity index (χ3v) is 5.41. The number of carbonyl (C=O) groups is 2. The molecule has 1 N–H and O–H groups in total. The summed E-state index contributed by atoms with van der Waals surface area (Å²) in [6.45, 7) is 3.77. The number of thioether (sulfide) groups is 1. The van der Waals surface area contributed by atoms with Gasteiger partial charge in [0.1, 0.15) is 11.5 Å². The highest BCUT2D eigenvalue weighted by Crippen LogP contribution is 2.36. The number of ether oxygens (including phenoxy) is 3. The van der Waals surface area contributed by atoms with Crippen LogP contribution >= 0.6 is 23.1 Å². The Balaban J connectivity index is 2.03. The molecule has 0 saturated heterocycles. The monoisotopic (exact) mass is 411 g/mol. The van der Waals surface area contributed by atoms with E-state index in [1.54, 1.807) is 46.3 Å². The maximum Gasteiger partial charge on any atom is 0.315 e. The van der Waals surface area contributed by atoms with E-state index in [1.807, 2.05) is 0 Å². The Morgan fingerprint density at radius 1 is 1.26 bits per heavy atom. The van der Waals surface area contributed by atoms with Crippen molar-refractivity contribution in [3.8, 4) is 22.1 Å². The van der Waals surface area contributed by atoms with Crippen molar-refractivity contribution in [2.45, 2.75) is 19.1 Å². The highest BCUT2D eigenvalue weighted by atomic mass is 32.2. The number of anilines is 1. The summed E-state index contributed by atoms with van der Waals surface area (Å²) in [4.78, 5) is 23.6. The molecular formula is C17H21N3O5S2. The zero-order valence-corrected chi connectivity index (χ0v) is 17.1. The van der Waals surface area contributed by atoms with Gasteiger partial charge in [-0.15, -0.1) is 22.0 Å². The van der Waals surface area contributed by atoms with Gasteiger partial charge in [0.15, 0.2) is 5.01 Å². The van der Waals surface area contributed by atoms with Crippen LogP contribution in [0.4, 0.5) is 5.13 Å². The smallest absolute Gasteiger partial charge is 0.315 e. The number of nitrogens with one attached hydrogen (secondary N) is 1. The third-order valence-electron chi connectivity index (χ3n) is 3.42. The van der Waals surface area contributed by atoms with Gasteiger partial charge in [-0.05, 0) is 32.0 Å². The molecule has 0 spiro atoms. The highest BCUT2D eigenvalue weighted by molar-refractivity contribution is 8.01. The molecule has 1 heterocycles. The predicted octanol–water partition coefficient (Wildman–Crippen LogP) is 2.85. The Labute approximate surface area is 165 Å². The Bertz CT molecular complexity index is 797. The molecule has 0 saturated carbocycles. The van der Waals surface area contributed by atoms with Gasteiger partial charge in [-0.2, -0.15) is 0 Å². The van der Waals surface area contributed by atoms with Crippen LogP contribution in [-0.4, -0.2) is 53.9 Å². The fourth-order valence-corrected chi connectivity index (χ4v) is 3.49. The summed E-state index contributed by atoms with van der Waals surface area (Å²) in [5.74, 6) is 0.805. The molecule has 1 amide bonds. The molecule has 0 radical (unpaired) electrons. The highest BCUT2D eigenvalue weighted by Gasteiger charge is 2.19. The molecule has 27 heavy (non-hydrogen) atoms. The first-order valence-electron chi connectivity index (χ1n) is 8.12. The molecule has 2 rings (SSSR count). The second-order valence-corrected chi connectivity index (χ2v) is 7.53. The van der Waals surface area contributed by atoms with Crippen LogP contribution in [0.2, 0.25) is 0 Å². The second-order valence-electron chi connectivity index (χ2n) is 5.23. The van der Waals surface area contributed by atoms with Gasteiger partial charge in [0.05, 0.1) is 37.4 Å². The molecule has 146 valence electrons. The molecule has 0 aliphatic carbocycles. The maximum atomic E-state index is 12.3. The molecule has 10 heteroatoms. The van der Waals surface area contributed by atoms with E-state index < -0.39 is 5.25 Å². The molecule has 0 bridgehead atoms. The number of benzene rings is 1. The molecule has 1 atom stereocenters. The fraction of sp³-hybridized carbons (Fsp3) is 0.412. The number of aromatic nitrogens is 2. The minimum atomic E-state index is -0.437. The molecule has 8 nitrogen and oxygen atoms in total. The number of amides is 1. The SMILES string of the molecule is CCOC(=O)CS[C@@H](C)C(=O)Nc1nnc(-c2cc(OC)ccc2OC)s1. The quantitative estimate of drug-likeness (QED) is 0.629. The van der Waals surface area contributed by atoms with Gasteiger partial charge in [0.25, 0.3) is 0 Å². The normalized spacial score (nSPS) is 11.6. The molecule has 0 unspecified atom stereocenters. The predicted molar refractivity (Wildman–Crippen MR) is 106 cm³/mol. The average molecular weight is 412 g/mol. The summed E-state index contributed by atoms with van der Waals surface area (Å²) < 4.78 is 15.4. The van der Waals surface area contributed by atoms with Crippen LogP contribution in [-0.2, 0) is 14.3 Å². The van der Waals surface area contributed by atoms with Gasteiger partial charge in [0.2, 0.25) is 11.0 Å². The van der Waals surface area contributed by atoms with Crippen LogP contribution in [0.3, 0.4) is 0 Å². The van der Waals surface area contributed by atoms with Crippen molar-refractivity contribution in [1.82, 2.24) is 10.2 Å². The van der Waals surface area contributed by atoms with E-state index in [-0.39, 0.29) is 17.6 Å². The lowest BCUT2D eigenvalue weighted by molar-refractivity contribution is -0.139. The van der Waals surface area contributed by atoms with Crippen molar-refractivity contribution in [3.63, 3.8) is 0 Å². The van der Waals surface area contributed by atoms with E-state index in [4.69, 9.17) is 14.2 Å². The first kappa shape index (κ1) is 21.0. The standard InChI is InChI=1S/C17H21N3O5S2/c1-5-25-14(21)9-26-10(2)15(22)18-17-20-19-16(27-17)12-8-11(23-3)6-7-13(12)24-4/h6-8,10H,5,9H2,1-4H3,(H,18,20,22)/t10-/m0/s1. The van der Waals surface area contributed by atoms with Gasteiger partial charge in [-0.3, -0.25) is 14.9 Å². The maximum absolute atomic E-state index is 12.3. The Hall–Kier alpha value is -2.33. The summed E-state index contributed by atoms with van der Waals surface area (Å²) in [5.41, 5.74) is 0.722. The van der Waals surface area contributed by atoms with Crippen molar-refractivity contribution >= 4 is 40.1 Å². The minimum Gasteiger partial charge on any atom is -0.497 e. The van der Waals surface area contributed by atoms with Crippen LogP contribution in [0.25, 0.3) is 10.6 Å². The van der Waals surface area contributed by atoms with Crippen molar-refractivity contribution in [2.75, 3.05) is 31.9 Å². The van der Waals surface area contributed by atoms with Crippen LogP contribution in [0.15, 0.2) is 18.2 Å². The van der Waals surface area contributed by atoms with Crippen LogP contribution < -0.4 is 14.8 Å². The lowest BCUT2D eigenvalue weighted by Gasteiger charge is -2.09. The van der Waals surface area contributed by atoms with Gasteiger partial charge in [-0.1, -0.05) is 11.3 Å². The zero-order chi connectivity index (χ0) is 19.8. The number of nitrogens with zero attached hydrogens (tertiary/aromatic N) is 2. The summed E-state index contributed by atoms with van der Waals surface area (Å²) in [6, 6.07) is 5.36. The molecule has 0 aliphatic rings. The van der Waals surface area contributed by atoms with Crippen LogP contribution in [0.5, 0.6) is 11.5 Å². The summed E-state index contributed by atoms with van der Waals surface area (Å²) in [6.07, 6.45) is 0. The molecular weight excluding hydrogens is 390 g/mol. The van der Waals surface area contributed by atoms with E-state index in [0.29, 0.717) is 28.2 Å². The number of esters is 1. The summed E-state index contributed by atoms with van der Waals surface area (Å²) in [7, 11) is 3.14. The van der Waals surface area contributed by atoms with Gasteiger partial charge >= 0.3 is 5.97 Å². The first-order chi connectivity index (χ1) is 13.0. The van der Waals surface area contributed by atoms with E-state index in [9.17, 15) is 9.59 Å². The molecule has 1 aromatic carbocycles. The Morgan fingerprint density at radius 3 is 2.70 bits per heavy atom. The van der Waals surface area contributed by atoms with Gasteiger partial charge < -0.3 is 14.2 Å². The first-order valence-corrected chi connectivity index (χ1v) is 9.99. The van der Waals surface area contributed by atoms with Crippen LogP contribution in [0, 0.1) is 0 Å². The Morgan fingerprint density at radius 2 is 2.04 bits per heavy atom. The minimum absolute atomic E-state index is 0.116. The lowest BCUT2D eigenvalue weighted by Crippen LogP contribution is -2.24. The van der Waals surface area contributed by atoms with E-state index >= 15 is 0 Å². The summed E-state index contributed by atoms with van der Waals surface area (Å²) >= 11 is 2.42. The fourth-order valence-electron chi connectivity index (χ4n) is 2.04. The number of methoxy groups -OCH3 is 2.